The quantitative estimate of drug-likeness (QED) is 0.805. The number of H-pyrrole nitrogens is 1. The molecule has 2 atom stereocenters. The molecule has 84 valence electrons. The van der Waals surface area contributed by atoms with Gasteiger partial charge in [-0.15, -0.1) is 10.2 Å². The summed E-state index contributed by atoms with van der Waals surface area (Å²) in [7, 11) is 0. The molecule has 0 aliphatic heterocycles. The second-order valence-corrected chi connectivity index (χ2v) is 3.92. The van der Waals surface area contributed by atoms with Crippen LogP contribution < -0.4 is 0 Å². The van der Waals surface area contributed by atoms with E-state index in [1.165, 1.54) is 0 Å². The van der Waals surface area contributed by atoms with Gasteiger partial charge < -0.3 is 10.1 Å². The predicted octanol–water partition coefficient (Wildman–Crippen LogP) is 1.42. The van der Waals surface area contributed by atoms with Crippen molar-refractivity contribution < 1.29 is 9.90 Å². The highest BCUT2D eigenvalue weighted by atomic mass is 16.4. The minimum absolute atomic E-state index is 0.0991. The van der Waals surface area contributed by atoms with E-state index in [1.54, 1.807) is 0 Å². The van der Waals surface area contributed by atoms with E-state index >= 15 is 0 Å². The number of carboxylic acid groups (broad SMARTS) is 1. The Morgan fingerprint density at radius 1 is 1.44 bits per heavy atom. The fourth-order valence-corrected chi connectivity index (χ4v) is 1.73. The third-order valence-corrected chi connectivity index (χ3v) is 2.72. The van der Waals surface area contributed by atoms with E-state index < -0.39 is 5.97 Å². The van der Waals surface area contributed by atoms with Crippen molar-refractivity contribution in [1.82, 2.24) is 15.2 Å². The molecule has 1 aliphatic carbocycles. The summed E-state index contributed by atoms with van der Waals surface area (Å²) in [6.07, 6.45) is 8.93. The van der Waals surface area contributed by atoms with Crippen LogP contribution in [-0.4, -0.2) is 26.3 Å². The van der Waals surface area contributed by atoms with Crippen molar-refractivity contribution in [2.45, 2.75) is 13.3 Å². The maximum Gasteiger partial charge on any atom is 0.373 e. The molecule has 5 heteroatoms. The summed E-state index contributed by atoms with van der Waals surface area (Å²) in [6, 6.07) is 0. The van der Waals surface area contributed by atoms with E-state index in [-0.39, 0.29) is 5.82 Å². The zero-order valence-corrected chi connectivity index (χ0v) is 8.92. The second kappa shape index (κ2) is 4.30. The molecule has 2 N–H and O–H groups in total. The van der Waals surface area contributed by atoms with Gasteiger partial charge in [0.2, 0.25) is 5.82 Å². The van der Waals surface area contributed by atoms with Gasteiger partial charge >= 0.3 is 5.97 Å². The summed E-state index contributed by atoms with van der Waals surface area (Å²) >= 11 is 0. The lowest BCUT2D eigenvalue weighted by molar-refractivity contribution is 0.0684. The number of carboxylic acids is 1. The van der Waals surface area contributed by atoms with Crippen LogP contribution in [0.2, 0.25) is 0 Å². The lowest BCUT2D eigenvalue weighted by Gasteiger charge is -2.18. The van der Waals surface area contributed by atoms with Crippen LogP contribution in [0.3, 0.4) is 0 Å². The molecular weight excluding hydrogens is 206 g/mol. The van der Waals surface area contributed by atoms with Gasteiger partial charge in [0.15, 0.2) is 0 Å². The van der Waals surface area contributed by atoms with Gasteiger partial charge in [-0.1, -0.05) is 31.2 Å². The Hall–Kier alpha value is -1.91. The van der Waals surface area contributed by atoms with Gasteiger partial charge in [0.25, 0.3) is 0 Å². The van der Waals surface area contributed by atoms with Gasteiger partial charge in [-0.25, -0.2) is 4.79 Å². The Kier molecular flexibility index (Phi) is 2.85. The molecule has 1 aliphatic rings. The summed E-state index contributed by atoms with van der Waals surface area (Å²) in [4.78, 5) is 13.3. The molecule has 0 amide bonds. The molecule has 1 aromatic rings. The molecule has 5 nitrogen and oxygen atoms in total. The van der Waals surface area contributed by atoms with E-state index in [1.807, 2.05) is 12.2 Å². The molecule has 1 heterocycles. The number of aromatic carboxylic acids is 1. The number of carbonyl (C=O) groups is 1. The van der Waals surface area contributed by atoms with Crippen LogP contribution in [-0.2, 0) is 6.42 Å². The minimum atomic E-state index is -1.08. The van der Waals surface area contributed by atoms with E-state index in [2.05, 4.69) is 34.3 Å². The molecule has 1 aromatic heterocycles. The van der Waals surface area contributed by atoms with Crippen LogP contribution in [0, 0.1) is 11.8 Å². The highest BCUT2D eigenvalue weighted by molar-refractivity contribution is 5.82. The van der Waals surface area contributed by atoms with Gasteiger partial charge in [0.05, 0.1) is 0 Å². The van der Waals surface area contributed by atoms with Crippen LogP contribution in [0.25, 0.3) is 0 Å². The maximum atomic E-state index is 10.6. The highest BCUT2D eigenvalue weighted by Gasteiger charge is 2.17. The maximum absolute atomic E-state index is 10.6. The van der Waals surface area contributed by atoms with Gasteiger partial charge in [-0.2, -0.15) is 0 Å². The summed E-state index contributed by atoms with van der Waals surface area (Å²) < 4.78 is 0. The van der Waals surface area contributed by atoms with Crippen LogP contribution in [0.15, 0.2) is 24.3 Å². The Morgan fingerprint density at radius 2 is 2.19 bits per heavy atom. The average Bonchev–Trinajstić information content (AvgIpc) is 2.70. The first-order chi connectivity index (χ1) is 7.66. The zero-order valence-electron chi connectivity index (χ0n) is 8.92. The number of nitrogens with zero attached hydrogens (tertiary/aromatic N) is 2. The fourth-order valence-electron chi connectivity index (χ4n) is 1.73. The van der Waals surface area contributed by atoms with E-state index in [4.69, 9.17) is 5.11 Å². The predicted molar refractivity (Wildman–Crippen MR) is 58.0 cm³/mol. The zero-order chi connectivity index (χ0) is 11.5. The van der Waals surface area contributed by atoms with Crippen molar-refractivity contribution in [3.05, 3.63) is 36.0 Å². The van der Waals surface area contributed by atoms with Crippen LogP contribution >= 0.6 is 0 Å². The Labute approximate surface area is 92.9 Å². The Balaban J connectivity index is 2.06. The third-order valence-electron chi connectivity index (χ3n) is 2.72. The molecule has 2 unspecified atom stereocenters. The molecule has 0 spiro atoms. The molecule has 0 saturated heterocycles. The fraction of sp³-hybridized carbons (Fsp3) is 0.364. The average molecular weight is 219 g/mol. The molecule has 0 fully saturated rings. The van der Waals surface area contributed by atoms with Crippen LogP contribution in [0.1, 0.15) is 23.4 Å². The largest absolute Gasteiger partial charge is 0.475 e. The Bertz CT molecular complexity index is 448. The second-order valence-electron chi connectivity index (χ2n) is 3.92. The number of nitrogens with one attached hydrogen (secondary N) is 1. The van der Waals surface area contributed by atoms with Crippen molar-refractivity contribution >= 4 is 5.97 Å². The first-order valence-corrected chi connectivity index (χ1v) is 5.16. The third kappa shape index (κ3) is 2.18. The van der Waals surface area contributed by atoms with Crippen molar-refractivity contribution in [2.24, 2.45) is 11.8 Å². The number of aromatic nitrogens is 3. The summed E-state index contributed by atoms with van der Waals surface area (Å²) in [5, 5.41) is 16.1. The molecule has 16 heavy (non-hydrogen) atoms. The van der Waals surface area contributed by atoms with Crippen molar-refractivity contribution in [3.8, 4) is 0 Å². The number of rotatable bonds is 3. The van der Waals surface area contributed by atoms with Gasteiger partial charge in [0.1, 0.15) is 5.82 Å². The number of allylic oxidation sites excluding steroid dienone is 4. The SMILES string of the molecule is CC1C=CC=CC1Cc1nnc(C(=O)O)[nH]1. The summed E-state index contributed by atoms with van der Waals surface area (Å²) in [5.74, 6) is 0.223. The summed E-state index contributed by atoms with van der Waals surface area (Å²) in [6.45, 7) is 2.12. The highest BCUT2D eigenvalue weighted by Crippen LogP contribution is 2.21. The Morgan fingerprint density at radius 3 is 2.81 bits per heavy atom. The first-order valence-electron chi connectivity index (χ1n) is 5.16. The lowest BCUT2D eigenvalue weighted by atomic mass is 9.87. The molecule has 0 radical (unpaired) electrons. The first kappa shape index (κ1) is 10.6. The van der Waals surface area contributed by atoms with E-state index in [0.29, 0.717) is 24.1 Å². The van der Waals surface area contributed by atoms with E-state index in [0.717, 1.165) is 0 Å². The van der Waals surface area contributed by atoms with Crippen molar-refractivity contribution in [2.75, 3.05) is 0 Å². The van der Waals surface area contributed by atoms with Gasteiger partial charge in [0, 0.05) is 6.42 Å². The van der Waals surface area contributed by atoms with Crippen molar-refractivity contribution in [3.63, 3.8) is 0 Å². The molecule has 0 aromatic carbocycles. The number of hydrogen-bond donors (Lipinski definition) is 2. The molecule has 0 bridgehead atoms. The topological polar surface area (TPSA) is 78.9 Å². The minimum Gasteiger partial charge on any atom is -0.475 e. The monoisotopic (exact) mass is 219 g/mol. The molecule has 0 saturated carbocycles. The standard InChI is InChI=1S/C11H13N3O2/c1-7-4-2-3-5-8(7)6-9-12-10(11(15)16)14-13-9/h2-5,7-8H,6H2,1H3,(H,15,16)(H,12,13,14). The van der Waals surface area contributed by atoms with Gasteiger partial charge in [-0.3, -0.25) is 0 Å². The summed E-state index contributed by atoms with van der Waals surface area (Å²) in [5.41, 5.74) is 0. The number of aromatic amines is 1. The normalized spacial score (nSPS) is 23.6. The van der Waals surface area contributed by atoms with Crippen molar-refractivity contribution in [1.29, 1.82) is 0 Å². The van der Waals surface area contributed by atoms with Crippen LogP contribution in [0.5, 0.6) is 0 Å². The lowest BCUT2D eigenvalue weighted by Crippen LogP contribution is -2.13. The van der Waals surface area contributed by atoms with Gasteiger partial charge in [-0.05, 0) is 11.8 Å². The molecule has 2 rings (SSSR count). The van der Waals surface area contributed by atoms with Crippen LogP contribution in [0.4, 0.5) is 0 Å². The van der Waals surface area contributed by atoms with E-state index in [9.17, 15) is 4.79 Å². The molecular formula is C11H13N3O2. The number of hydrogen-bond acceptors (Lipinski definition) is 3. The smallest absolute Gasteiger partial charge is 0.373 e.